The highest BCUT2D eigenvalue weighted by atomic mass is 16.4. The molecule has 1 aliphatic carbocycles. The number of carboxylic acid groups (broad SMARTS) is 1. The van der Waals surface area contributed by atoms with E-state index in [0.717, 1.165) is 18.4 Å². The van der Waals surface area contributed by atoms with Gasteiger partial charge in [-0.25, -0.2) is 4.79 Å². The van der Waals surface area contributed by atoms with Crippen molar-refractivity contribution in [3.05, 3.63) is 29.6 Å². The molecule has 1 unspecified atom stereocenters. The van der Waals surface area contributed by atoms with Gasteiger partial charge >= 0.3 is 5.97 Å². The van der Waals surface area contributed by atoms with Crippen LogP contribution in [0, 0.1) is 0 Å². The van der Waals surface area contributed by atoms with Crippen LogP contribution in [-0.2, 0) is 16.0 Å². The maximum Gasteiger partial charge on any atom is 0.372 e. The maximum absolute atomic E-state index is 11.4. The first-order chi connectivity index (χ1) is 7.20. The Morgan fingerprint density at radius 3 is 3.00 bits per heavy atom. The molecule has 2 rings (SSSR count). The minimum absolute atomic E-state index is 0.549. The molecule has 1 aromatic heterocycles. The van der Waals surface area contributed by atoms with E-state index in [2.05, 4.69) is 4.98 Å². The summed E-state index contributed by atoms with van der Waals surface area (Å²) in [4.78, 5) is 26.2. The zero-order valence-corrected chi connectivity index (χ0v) is 8.14. The van der Waals surface area contributed by atoms with Gasteiger partial charge in [0.1, 0.15) is 0 Å². The second-order valence-electron chi connectivity index (χ2n) is 3.66. The second kappa shape index (κ2) is 3.81. The van der Waals surface area contributed by atoms with Crippen LogP contribution in [0.4, 0.5) is 0 Å². The first kappa shape index (κ1) is 9.83. The molecule has 0 saturated carbocycles. The third-order valence-electron chi connectivity index (χ3n) is 2.72. The van der Waals surface area contributed by atoms with Crippen molar-refractivity contribution < 1.29 is 14.7 Å². The van der Waals surface area contributed by atoms with Crippen molar-refractivity contribution >= 4 is 11.8 Å². The molecule has 4 nitrogen and oxygen atoms in total. The number of aliphatic carboxylic acids is 1. The Bertz CT molecular complexity index is 414. The number of rotatable bonds is 2. The fourth-order valence-corrected chi connectivity index (χ4v) is 2.01. The Morgan fingerprint density at radius 1 is 1.47 bits per heavy atom. The van der Waals surface area contributed by atoms with E-state index in [4.69, 9.17) is 5.11 Å². The molecule has 78 valence electrons. The van der Waals surface area contributed by atoms with E-state index in [1.807, 2.05) is 12.1 Å². The van der Waals surface area contributed by atoms with Crippen LogP contribution >= 0.6 is 0 Å². The van der Waals surface area contributed by atoms with Crippen molar-refractivity contribution in [2.75, 3.05) is 0 Å². The summed E-state index contributed by atoms with van der Waals surface area (Å²) in [5.41, 5.74) is 1.65. The first-order valence-corrected chi connectivity index (χ1v) is 4.91. The summed E-state index contributed by atoms with van der Waals surface area (Å²) in [6.45, 7) is 0. The van der Waals surface area contributed by atoms with E-state index in [9.17, 15) is 9.59 Å². The lowest BCUT2D eigenvalue weighted by Crippen LogP contribution is -2.26. The summed E-state index contributed by atoms with van der Waals surface area (Å²) >= 11 is 0. The largest absolute Gasteiger partial charge is 0.475 e. The summed E-state index contributed by atoms with van der Waals surface area (Å²) in [5.74, 6) is -2.65. The Balaban J connectivity index is 2.38. The molecule has 0 saturated heterocycles. The number of carbonyl (C=O) groups is 2. The lowest BCUT2D eigenvalue weighted by molar-refractivity contribution is -0.150. The fraction of sp³-hybridized carbons (Fsp3) is 0.364. The highest BCUT2D eigenvalue weighted by Gasteiger charge is 2.31. The van der Waals surface area contributed by atoms with Gasteiger partial charge in [0.25, 0.3) is 0 Å². The van der Waals surface area contributed by atoms with Crippen molar-refractivity contribution in [1.29, 1.82) is 0 Å². The molecule has 0 bridgehead atoms. The number of carboxylic acids is 1. The molecule has 1 aliphatic rings. The zero-order valence-electron chi connectivity index (χ0n) is 8.14. The van der Waals surface area contributed by atoms with Crippen molar-refractivity contribution in [3.63, 3.8) is 0 Å². The smallest absolute Gasteiger partial charge is 0.372 e. The summed E-state index contributed by atoms with van der Waals surface area (Å²) < 4.78 is 0. The van der Waals surface area contributed by atoms with Crippen molar-refractivity contribution in [2.24, 2.45) is 0 Å². The Kier molecular flexibility index (Phi) is 2.49. The van der Waals surface area contributed by atoms with Crippen LogP contribution in [0.5, 0.6) is 0 Å². The van der Waals surface area contributed by atoms with Crippen LogP contribution in [0.1, 0.15) is 30.0 Å². The lowest BCUT2D eigenvalue weighted by Gasteiger charge is -2.21. The van der Waals surface area contributed by atoms with Crippen LogP contribution in [0.3, 0.4) is 0 Å². The average Bonchev–Trinajstić information content (AvgIpc) is 2.27. The van der Waals surface area contributed by atoms with Gasteiger partial charge in [0.15, 0.2) is 0 Å². The lowest BCUT2D eigenvalue weighted by atomic mass is 9.84. The number of carbonyl (C=O) groups excluding carboxylic acids is 1. The highest BCUT2D eigenvalue weighted by molar-refractivity contribution is 6.34. The van der Waals surface area contributed by atoms with E-state index in [1.54, 1.807) is 6.20 Å². The molecule has 0 aliphatic heterocycles. The van der Waals surface area contributed by atoms with Crippen LogP contribution in [0.15, 0.2) is 18.3 Å². The Labute approximate surface area is 87.0 Å². The average molecular weight is 205 g/mol. The molecule has 1 aromatic rings. The van der Waals surface area contributed by atoms with Gasteiger partial charge < -0.3 is 5.11 Å². The molecular weight excluding hydrogens is 194 g/mol. The number of nitrogens with zero attached hydrogens (tertiary/aromatic N) is 1. The van der Waals surface area contributed by atoms with Gasteiger partial charge in [-0.1, -0.05) is 6.07 Å². The summed E-state index contributed by atoms with van der Waals surface area (Å²) in [6, 6.07) is 3.72. The topological polar surface area (TPSA) is 67.3 Å². The zero-order chi connectivity index (χ0) is 10.8. The summed E-state index contributed by atoms with van der Waals surface area (Å²) in [6.07, 6.45) is 3.93. The van der Waals surface area contributed by atoms with E-state index in [0.29, 0.717) is 12.1 Å². The van der Waals surface area contributed by atoms with Crippen LogP contribution < -0.4 is 0 Å². The van der Waals surface area contributed by atoms with Crippen molar-refractivity contribution in [1.82, 2.24) is 4.98 Å². The van der Waals surface area contributed by atoms with Gasteiger partial charge in [-0.15, -0.1) is 0 Å². The number of Topliss-reactive ketones (excluding diaryl/α,β-unsaturated/α-hetero) is 1. The van der Waals surface area contributed by atoms with Crippen LogP contribution in [0.25, 0.3) is 0 Å². The maximum atomic E-state index is 11.4. The van der Waals surface area contributed by atoms with Crippen LogP contribution in [-0.4, -0.2) is 21.8 Å². The molecular formula is C11H11NO3. The summed E-state index contributed by atoms with van der Waals surface area (Å²) in [5, 5.41) is 8.68. The van der Waals surface area contributed by atoms with Gasteiger partial charge in [0.05, 0.1) is 11.6 Å². The van der Waals surface area contributed by atoms with Crippen molar-refractivity contribution in [2.45, 2.75) is 25.2 Å². The number of hydrogen-bond acceptors (Lipinski definition) is 3. The SMILES string of the molecule is O=C(O)C(=O)C1CCCc2cccnc21. The quantitative estimate of drug-likeness (QED) is 0.735. The van der Waals surface area contributed by atoms with E-state index in [1.165, 1.54) is 0 Å². The number of hydrogen-bond donors (Lipinski definition) is 1. The van der Waals surface area contributed by atoms with Gasteiger partial charge in [-0.05, 0) is 30.9 Å². The summed E-state index contributed by atoms with van der Waals surface area (Å²) in [7, 11) is 0. The second-order valence-corrected chi connectivity index (χ2v) is 3.66. The van der Waals surface area contributed by atoms with Gasteiger partial charge in [-0.2, -0.15) is 0 Å². The molecule has 1 N–H and O–H groups in total. The van der Waals surface area contributed by atoms with E-state index in [-0.39, 0.29) is 0 Å². The van der Waals surface area contributed by atoms with Crippen molar-refractivity contribution in [3.8, 4) is 0 Å². The molecule has 15 heavy (non-hydrogen) atoms. The Morgan fingerprint density at radius 2 is 2.27 bits per heavy atom. The fourth-order valence-electron chi connectivity index (χ4n) is 2.01. The third kappa shape index (κ3) is 1.75. The van der Waals surface area contributed by atoms with Gasteiger partial charge in [0, 0.05) is 6.20 Å². The highest BCUT2D eigenvalue weighted by Crippen LogP contribution is 2.30. The van der Waals surface area contributed by atoms with E-state index < -0.39 is 17.7 Å². The third-order valence-corrected chi connectivity index (χ3v) is 2.72. The van der Waals surface area contributed by atoms with Gasteiger partial charge in [-0.3, -0.25) is 9.78 Å². The molecule has 0 amide bonds. The minimum atomic E-state index is -1.36. The first-order valence-electron chi connectivity index (χ1n) is 4.91. The minimum Gasteiger partial charge on any atom is -0.475 e. The molecule has 1 atom stereocenters. The monoisotopic (exact) mass is 205 g/mol. The molecule has 0 spiro atoms. The number of fused-ring (bicyclic) bond motifs is 1. The normalized spacial score (nSPS) is 19.3. The van der Waals surface area contributed by atoms with Crippen LogP contribution in [0.2, 0.25) is 0 Å². The number of aromatic nitrogens is 1. The number of ketones is 1. The number of aryl methyl sites for hydroxylation is 1. The van der Waals surface area contributed by atoms with E-state index >= 15 is 0 Å². The number of pyridine rings is 1. The molecule has 0 fully saturated rings. The molecule has 0 radical (unpaired) electrons. The molecule has 0 aromatic carbocycles. The molecule has 4 heteroatoms. The van der Waals surface area contributed by atoms with Gasteiger partial charge in [0.2, 0.25) is 5.78 Å². The predicted molar refractivity (Wildman–Crippen MR) is 52.6 cm³/mol. The molecule has 1 heterocycles. The standard InChI is InChI=1S/C11H11NO3/c13-10(11(14)15)8-5-1-3-7-4-2-6-12-9(7)8/h2,4,6,8H,1,3,5H2,(H,14,15). The predicted octanol–water partition coefficient (Wildman–Crippen LogP) is 1.16. The Hall–Kier alpha value is -1.71.